The zero-order valence-corrected chi connectivity index (χ0v) is 18.2. The average Bonchev–Trinajstić information content (AvgIpc) is 2.99. The molecule has 0 aliphatic carbocycles. The largest absolute Gasteiger partial charge is 0.383 e. The Balaban J connectivity index is 2.06. The molecule has 8 nitrogen and oxygen atoms in total. The summed E-state index contributed by atoms with van der Waals surface area (Å²) < 4.78 is 6.68. The van der Waals surface area contributed by atoms with E-state index in [4.69, 9.17) is 16.3 Å². The van der Waals surface area contributed by atoms with E-state index in [-0.39, 0.29) is 24.4 Å². The Morgan fingerprint density at radius 2 is 1.97 bits per heavy atom. The molecule has 0 saturated heterocycles. The number of aromatic nitrogens is 2. The van der Waals surface area contributed by atoms with Crippen molar-refractivity contribution < 1.29 is 14.3 Å². The Morgan fingerprint density at radius 1 is 1.24 bits per heavy atom. The molecule has 29 heavy (non-hydrogen) atoms. The summed E-state index contributed by atoms with van der Waals surface area (Å²) in [6, 6.07) is 8.23. The third kappa shape index (κ3) is 6.76. The molecule has 0 fully saturated rings. The number of amides is 3. The van der Waals surface area contributed by atoms with Gasteiger partial charge in [0, 0.05) is 42.9 Å². The minimum atomic E-state index is -0.417. The van der Waals surface area contributed by atoms with Crippen LogP contribution in [0.15, 0.2) is 30.3 Å². The maximum atomic E-state index is 12.6. The Kier molecular flexibility index (Phi) is 7.64. The van der Waals surface area contributed by atoms with Crippen molar-refractivity contribution in [2.75, 3.05) is 37.4 Å². The molecule has 0 unspecified atom stereocenters. The second-order valence-corrected chi connectivity index (χ2v) is 8.13. The summed E-state index contributed by atoms with van der Waals surface area (Å²) in [5.74, 6) is 0.243. The lowest BCUT2D eigenvalue weighted by molar-refractivity contribution is -0.116. The lowest BCUT2D eigenvalue weighted by atomic mass is 9.92. The molecule has 2 N–H and O–H groups in total. The molecular formula is C20H28ClN5O3. The summed E-state index contributed by atoms with van der Waals surface area (Å²) in [5, 5.41) is 10.5. The highest BCUT2D eigenvalue weighted by molar-refractivity contribution is 6.30. The molecule has 0 aliphatic rings. The first-order valence-corrected chi connectivity index (χ1v) is 9.62. The van der Waals surface area contributed by atoms with E-state index in [1.54, 1.807) is 36.0 Å². The topological polar surface area (TPSA) is 88.5 Å². The molecule has 0 atom stereocenters. The van der Waals surface area contributed by atoms with E-state index in [9.17, 15) is 9.59 Å². The van der Waals surface area contributed by atoms with Crippen LogP contribution in [-0.4, -0.2) is 53.4 Å². The van der Waals surface area contributed by atoms with Crippen molar-refractivity contribution in [3.05, 3.63) is 41.0 Å². The number of ether oxygens (including phenoxy) is 1. The number of aryl methyl sites for hydroxylation is 1. The Bertz CT molecular complexity index is 860. The molecule has 0 radical (unpaired) electrons. The summed E-state index contributed by atoms with van der Waals surface area (Å²) >= 11 is 5.96. The zero-order chi connectivity index (χ0) is 21.6. The van der Waals surface area contributed by atoms with Gasteiger partial charge in [0.05, 0.1) is 12.3 Å². The summed E-state index contributed by atoms with van der Waals surface area (Å²) in [6.07, 6.45) is 0. The Morgan fingerprint density at radius 3 is 2.55 bits per heavy atom. The molecule has 3 amide bonds. The summed E-state index contributed by atoms with van der Waals surface area (Å²) in [7, 11) is 3.30. The van der Waals surface area contributed by atoms with Gasteiger partial charge in [0.1, 0.15) is 12.4 Å². The molecule has 0 saturated carbocycles. The zero-order valence-electron chi connectivity index (χ0n) is 17.5. The van der Waals surface area contributed by atoms with Crippen LogP contribution in [0.1, 0.15) is 26.5 Å². The summed E-state index contributed by atoms with van der Waals surface area (Å²) in [4.78, 5) is 26.6. The van der Waals surface area contributed by atoms with Crippen molar-refractivity contribution in [3.63, 3.8) is 0 Å². The third-order valence-electron chi connectivity index (χ3n) is 4.18. The molecule has 1 aromatic carbocycles. The van der Waals surface area contributed by atoms with Crippen LogP contribution >= 0.6 is 11.6 Å². The summed E-state index contributed by atoms with van der Waals surface area (Å²) in [5.41, 5.74) is 1.28. The first kappa shape index (κ1) is 22.7. The number of nitrogens with zero attached hydrogens (tertiary/aromatic N) is 3. The number of rotatable bonds is 7. The molecule has 2 aromatic rings. The molecule has 9 heteroatoms. The van der Waals surface area contributed by atoms with Gasteiger partial charge in [-0.1, -0.05) is 38.4 Å². The lowest BCUT2D eigenvalue weighted by Gasteiger charge is -2.22. The highest BCUT2D eigenvalue weighted by Crippen LogP contribution is 2.23. The maximum Gasteiger partial charge on any atom is 0.322 e. The van der Waals surface area contributed by atoms with Crippen LogP contribution in [0.25, 0.3) is 0 Å². The van der Waals surface area contributed by atoms with Crippen molar-refractivity contribution in [1.82, 2.24) is 14.7 Å². The van der Waals surface area contributed by atoms with Crippen LogP contribution in [0.4, 0.5) is 16.3 Å². The van der Waals surface area contributed by atoms with Gasteiger partial charge in [0.25, 0.3) is 0 Å². The maximum absolute atomic E-state index is 12.6. The van der Waals surface area contributed by atoms with Crippen molar-refractivity contribution in [2.45, 2.75) is 26.2 Å². The monoisotopic (exact) mass is 421 g/mol. The van der Waals surface area contributed by atoms with Gasteiger partial charge in [-0.3, -0.25) is 9.48 Å². The third-order valence-corrected chi connectivity index (χ3v) is 4.41. The fraction of sp³-hybridized carbons (Fsp3) is 0.450. The summed E-state index contributed by atoms with van der Waals surface area (Å²) in [6.45, 7) is 6.58. The number of halogens is 1. The molecule has 2 rings (SSSR count). The SMILES string of the molecule is COCCN(CC(=O)Nc1cc(C(C)(C)C)nn1C)C(=O)Nc1cccc(Cl)c1. The van der Waals surface area contributed by atoms with Crippen LogP contribution in [-0.2, 0) is 22.0 Å². The molecule has 1 aromatic heterocycles. The Hall–Kier alpha value is -2.58. The van der Waals surface area contributed by atoms with Gasteiger partial charge >= 0.3 is 6.03 Å². The number of benzene rings is 1. The van der Waals surface area contributed by atoms with Gasteiger partial charge in [-0.2, -0.15) is 5.10 Å². The van der Waals surface area contributed by atoms with Gasteiger partial charge in [-0.25, -0.2) is 4.79 Å². The van der Waals surface area contributed by atoms with Crippen molar-refractivity contribution in [2.24, 2.45) is 7.05 Å². The minimum absolute atomic E-state index is 0.133. The number of carbonyl (C=O) groups excluding carboxylic acids is 2. The number of urea groups is 1. The van der Waals surface area contributed by atoms with E-state index in [1.807, 2.05) is 26.8 Å². The van der Waals surface area contributed by atoms with E-state index in [0.29, 0.717) is 23.1 Å². The molecular weight excluding hydrogens is 394 g/mol. The molecule has 0 aliphatic heterocycles. The lowest BCUT2D eigenvalue weighted by Crippen LogP contribution is -2.42. The number of anilines is 2. The van der Waals surface area contributed by atoms with Gasteiger partial charge < -0.3 is 20.3 Å². The van der Waals surface area contributed by atoms with Gasteiger partial charge in [-0.15, -0.1) is 0 Å². The Labute approximate surface area is 176 Å². The molecule has 158 valence electrons. The van der Waals surface area contributed by atoms with E-state index in [2.05, 4.69) is 15.7 Å². The van der Waals surface area contributed by atoms with Crippen LogP contribution < -0.4 is 10.6 Å². The van der Waals surface area contributed by atoms with E-state index in [1.165, 1.54) is 12.0 Å². The minimum Gasteiger partial charge on any atom is -0.383 e. The van der Waals surface area contributed by atoms with Crippen molar-refractivity contribution in [3.8, 4) is 0 Å². The quantitative estimate of drug-likeness (QED) is 0.716. The van der Waals surface area contributed by atoms with Crippen LogP contribution in [0, 0.1) is 0 Å². The van der Waals surface area contributed by atoms with Gasteiger partial charge in [-0.05, 0) is 18.2 Å². The van der Waals surface area contributed by atoms with Gasteiger partial charge in [0.2, 0.25) is 5.91 Å². The second-order valence-electron chi connectivity index (χ2n) is 7.69. The van der Waals surface area contributed by atoms with Crippen molar-refractivity contribution >= 4 is 35.0 Å². The number of carbonyl (C=O) groups is 2. The van der Waals surface area contributed by atoms with E-state index >= 15 is 0 Å². The molecule has 1 heterocycles. The average molecular weight is 422 g/mol. The fourth-order valence-electron chi connectivity index (χ4n) is 2.53. The van der Waals surface area contributed by atoms with E-state index in [0.717, 1.165) is 5.69 Å². The van der Waals surface area contributed by atoms with Crippen LogP contribution in [0.2, 0.25) is 5.02 Å². The highest BCUT2D eigenvalue weighted by Gasteiger charge is 2.21. The fourth-order valence-corrected chi connectivity index (χ4v) is 2.72. The number of nitrogens with one attached hydrogen (secondary N) is 2. The van der Waals surface area contributed by atoms with E-state index < -0.39 is 6.03 Å². The number of hydrogen-bond acceptors (Lipinski definition) is 4. The normalized spacial score (nSPS) is 11.2. The number of hydrogen-bond donors (Lipinski definition) is 2. The predicted molar refractivity (Wildman–Crippen MR) is 114 cm³/mol. The van der Waals surface area contributed by atoms with Crippen LogP contribution in [0.5, 0.6) is 0 Å². The smallest absolute Gasteiger partial charge is 0.322 e. The highest BCUT2D eigenvalue weighted by atomic mass is 35.5. The van der Waals surface area contributed by atoms with Crippen molar-refractivity contribution in [1.29, 1.82) is 0 Å². The van der Waals surface area contributed by atoms with Crippen LogP contribution in [0.3, 0.4) is 0 Å². The predicted octanol–water partition coefficient (Wildman–Crippen LogP) is 3.49. The molecule has 0 bridgehead atoms. The second kappa shape index (κ2) is 9.76. The van der Waals surface area contributed by atoms with Gasteiger partial charge in [0.15, 0.2) is 0 Å². The first-order chi connectivity index (χ1) is 13.6. The first-order valence-electron chi connectivity index (χ1n) is 9.25. The number of methoxy groups -OCH3 is 1. The standard InChI is InChI=1S/C20H28ClN5O3/c1-20(2,3)16-12-17(25(4)24-16)23-18(27)13-26(9-10-29-5)19(28)22-15-8-6-7-14(21)11-15/h6-8,11-12H,9-10,13H2,1-5H3,(H,22,28)(H,23,27). The molecule has 0 spiro atoms.